The lowest BCUT2D eigenvalue weighted by Gasteiger charge is -2.28. The molecule has 1 aromatic heterocycles. The number of nitrogens with zero attached hydrogens (tertiary/aromatic N) is 2. The van der Waals surface area contributed by atoms with Crippen LogP contribution in [0.15, 0.2) is 47.1 Å². The van der Waals surface area contributed by atoms with Crippen LogP contribution in [0.4, 0.5) is 0 Å². The highest BCUT2D eigenvalue weighted by Crippen LogP contribution is 2.34. The lowest BCUT2D eigenvalue weighted by Crippen LogP contribution is -2.41. The maximum atomic E-state index is 12.6. The van der Waals surface area contributed by atoms with Crippen LogP contribution in [0.3, 0.4) is 0 Å². The SMILES string of the molecule is COCCN(CC1CN(Cc2ccco2)CC1c1ccc(C)cc1)C(=O)COC. The topological polar surface area (TPSA) is 55.2 Å². The highest BCUT2D eigenvalue weighted by Gasteiger charge is 2.36. The lowest BCUT2D eigenvalue weighted by molar-refractivity contribution is -0.136. The average molecular weight is 401 g/mol. The van der Waals surface area contributed by atoms with E-state index in [2.05, 4.69) is 36.1 Å². The van der Waals surface area contributed by atoms with Crippen LogP contribution in [0.25, 0.3) is 0 Å². The summed E-state index contributed by atoms with van der Waals surface area (Å²) in [4.78, 5) is 16.9. The maximum absolute atomic E-state index is 12.6. The number of aryl methyl sites for hydroxylation is 1. The smallest absolute Gasteiger partial charge is 0.248 e. The summed E-state index contributed by atoms with van der Waals surface area (Å²) < 4.78 is 15.9. The molecule has 1 amide bonds. The van der Waals surface area contributed by atoms with Gasteiger partial charge in [-0.3, -0.25) is 9.69 Å². The molecule has 6 nitrogen and oxygen atoms in total. The summed E-state index contributed by atoms with van der Waals surface area (Å²) in [5.74, 6) is 1.69. The van der Waals surface area contributed by atoms with Crippen LogP contribution >= 0.6 is 0 Å². The minimum atomic E-state index is 0.0108. The first-order valence-corrected chi connectivity index (χ1v) is 10.2. The number of likely N-dealkylation sites (tertiary alicyclic amines) is 1. The van der Waals surface area contributed by atoms with E-state index in [1.807, 2.05) is 17.0 Å². The summed E-state index contributed by atoms with van der Waals surface area (Å²) in [5.41, 5.74) is 2.58. The van der Waals surface area contributed by atoms with Crippen LogP contribution in [0.2, 0.25) is 0 Å². The summed E-state index contributed by atoms with van der Waals surface area (Å²) in [7, 11) is 3.22. The molecular weight excluding hydrogens is 368 g/mol. The first kappa shape index (κ1) is 21.6. The van der Waals surface area contributed by atoms with Gasteiger partial charge in [-0.05, 0) is 30.5 Å². The molecule has 2 atom stereocenters. The second-order valence-corrected chi connectivity index (χ2v) is 7.82. The van der Waals surface area contributed by atoms with Crippen LogP contribution in [0.5, 0.6) is 0 Å². The highest BCUT2D eigenvalue weighted by atomic mass is 16.5. The Balaban J connectivity index is 1.76. The minimum absolute atomic E-state index is 0.0108. The number of benzene rings is 1. The van der Waals surface area contributed by atoms with Crippen LogP contribution in [-0.2, 0) is 20.8 Å². The Labute approximate surface area is 173 Å². The van der Waals surface area contributed by atoms with Crippen LogP contribution < -0.4 is 0 Å². The zero-order valence-electron chi connectivity index (χ0n) is 17.7. The molecule has 0 bridgehead atoms. The number of carbonyl (C=O) groups is 1. The number of hydrogen-bond donors (Lipinski definition) is 0. The van der Waals surface area contributed by atoms with Gasteiger partial charge in [-0.2, -0.15) is 0 Å². The quantitative estimate of drug-likeness (QED) is 0.614. The third kappa shape index (κ3) is 5.92. The monoisotopic (exact) mass is 400 g/mol. The van der Waals surface area contributed by atoms with E-state index in [0.29, 0.717) is 31.5 Å². The van der Waals surface area contributed by atoms with Gasteiger partial charge in [0.25, 0.3) is 0 Å². The number of furan rings is 1. The molecule has 0 radical (unpaired) electrons. The van der Waals surface area contributed by atoms with E-state index in [0.717, 1.165) is 25.4 Å². The highest BCUT2D eigenvalue weighted by molar-refractivity contribution is 5.77. The molecule has 2 heterocycles. The third-order valence-electron chi connectivity index (χ3n) is 5.62. The van der Waals surface area contributed by atoms with Gasteiger partial charge in [-0.1, -0.05) is 29.8 Å². The molecule has 1 saturated heterocycles. The van der Waals surface area contributed by atoms with Gasteiger partial charge in [0.05, 0.1) is 19.4 Å². The molecule has 0 saturated carbocycles. The van der Waals surface area contributed by atoms with Crippen LogP contribution in [0.1, 0.15) is 22.8 Å². The predicted molar refractivity (Wildman–Crippen MR) is 112 cm³/mol. The van der Waals surface area contributed by atoms with E-state index in [4.69, 9.17) is 13.9 Å². The number of ether oxygens (including phenoxy) is 2. The van der Waals surface area contributed by atoms with Gasteiger partial charge in [-0.15, -0.1) is 0 Å². The van der Waals surface area contributed by atoms with Gasteiger partial charge >= 0.3 is 0 Å². The van der Waals surface area contributed by atoms with Gasteiger partial charge in [0.2, 0.25) is 5.91 Å². The van der Waals surface area contributed by atoms with E-state index in [-0.39, 0.29) is 12.5 Å². The van der Waals surface area contributed by atoms with Gasteiger partial charge in [-0.25, -0.2) is 0 Å². The predicted octanol–water partition coefficient (Wildman–Crippen LogP) is 2.93. The summed E-state index contributed by atoms with van der Waals surface area (Å²) in [6.07, 6.45) is 1.72. The molecule has 3 rings (SSSR count). The molecule has 0 N–H and O–H groups in total. The van der Waals surface area contributed by atoms with Crippen molar-refractivity contribution >= 4 is 5.91 Å². The van der Waals surface area contributed by atoms with Crippen molar-refractivity contribution in [2.75, 3.05) is 53.6 Å². The van der Waals surface area contributed by atoms with Gasteiger partial charge in [0.1, 0.15) is 12.4 Å². The standard InChI is InChI=1S/C23H32N2O4/c1-18-6-8-19(9-7-18)22-16-24(15-21-5-4-11-29-21)13-20(22)14-25(10-12-27-2)23(26)17-28-3/h4-9,11,20,22H,10,12-17H2,1-3H3. The summed E-state index contributed by atoms with van der Waals surface area (Å²) in [5, 5.41) is 0. The zero-order chi connectivity index (χ0) is 20.6. The minimum Gasteiger partial charge on any atom is -0.468 e. The number of rotatable bonds is 10. The largest absolute Gasteiger partial charge is 0.468 e. The van der Waals surface area contributed by atoms with Crippen molar-refractivity contribution in [3.8, 4) is 0 Å². The number of methoxy groups -OCH3 is 2. The molecule has 158 valence electrons. The summed E-state index contributed by atoms with van der Waals surface area (Å²) in [6, 6.07) is 12.7. The molecule has 1 aromatic carbocycles. The Morgan fingerprint density at radius 2 is 1.97 bits per heavy atom. The lowest BCUT2D eigenvalue weighted by atomic mass is 9.88. The van der Waals surface area contributed by atoms with E-state index >= 15 is 0 Å². The molecule has 29 heavy (non-hydrogen) atoms. The Kier molecular flexibility index (Phi) is 7.86. The van der Waals surface area contributed by atoms with Crippen molar-refractivity contribution in [3.63, 3.8) is 0 Å². The zero-order valence-corrected chi connectivity index (χ0v) is 17.7. The fraction of sp³-hybridized carbons (Fsp3) is 0.522. The first-order valence-electron chi connectivity index (χ1n) is 10.2. The summed E-state index contributed by atoms with van der Waals surface area (Å²) in [6.45, 7) is 6.65. The Hall–Kier alpha value is -2.15. The number of amides is 1. The number of hydrogen-bond acceptors (Lipinski definition) is 5. The summed E-state index contributed by atoms with van der Waals surface area (Å²) >= 11 is 0. The maximum Gasteiger partial charge on any atom is 0.248 e. The van der Waals surface area contributed by atoms with E-state index in [9.17, 15) is 4.79 Å². The second kappa shape index (κ2) is 10.6. The van der Waals surface area contributed by atoms with Gasteiger partial charge in [0.15, 0.2) is 0 Å². The third-order valence-corrected chi connectivity index (χ3v) is 5.62. The second-order valence-electron chi connectivity index (χ2n) is 7.82. The Morgan fingerprint density at radius 1 is 1.17 bits per heavy atom. The van der Waals surface area contributed by atoms with Crippen molar-refractivity contribution in [3.05, 3.63) is 59.5 Å². The molecular formula is C23H32N2O4. The molecule has 1 fully saturated rings. The molecule has 0 aliphatic carbocycles. The fourth-order valence-corrected chi connectivity index (χ4v) is 4.11. The van der Waals surface area contributed by atoms with E-state index in [1.54, 1.807) is 20.5 Å². The van der Waals surface area contributed by atoms with E-state index in [1.165, 1.54) is 11.1 Å². The van der Waals surface area contributed by atoms with Crippen molar-refractivity contribution in [1.82, 2.24) is 9.80 Å². The molecule has 1 aliphatic heterocycles. The Morgan fingerprint density at radius 3 is 2.62 bits per heavy atom. The van der Waals surface area contributed by atoms with Crippen molar-refractivity contribution in [1.29, 1.82) is 0 Å². The molecule has 6 heteroatoms. The Bertz CT molecular complexity index is 745. The van der Waals surface area contributed by atoms with Gasteiger partial charge in [0, 0.05) is 46.3 Å². The fourth-order valence-electron chi connectivity index (χ4n) is 4.11. The van der Waals surface area contributed by atoms with Crippen molar-refractivity contribution in [2.45, 2.75) is 19.4 Å². The van der Waals surface area contributed by atoms with Crippen LogP contribution in [-0.4, -0.2) is 69.3 Å². The molecule has 0 spiro atoms. The molecule has 1 aliphatic rings. The van der Waals surface area contributed by atoms with Gasteiger partial charge < -0.3 is 18.8 Å². The van der Waals surface area contributed by atoms with Crippen LogP contribution in [0, 0.1) is 12.8 Å². The average Bonchev–Trinajstić information content (AvgIpc) is 3.36. The number of carbonyl (C=O) groups excluding carboxylic acids is 1. The van der Waals surface area contributed by atoms with Crippen molar-refractivity contribution in [2.24, 2.45) is 5.92 Å². The molecule has 2 aromatic rings. The molecule has 2 unspecified atom stereocenters. The van der Waals surface area contributed by atoms with Crippen molar-refractivity contribution < 1.29 is 18.7 Å². The first-order chi connectivity index (χ1) is 14.1. The normalized spacial score (nSPS) is 19.6. The van der Waals surface area contributed by atoms with E-state index < -0.39 is 0 Å².